The normalized spacial score (nSPS) is 11.2. The van der Waals surface area contributed by atoms with Crippen LogP contribution in [0.15, 0.2) is 83.3 Å². The molecule has 5 heteroatoms. The van der Waals surface area contributed by atoms with Gasteiger partial charge in [-0.15, -0.1) is 0 Å². The smallest absolute Gasteiger partial charge is 0.175 e. The van der Waals surface area contributed by atoms with Crippen molar-refractivity contribution >= 4 is 50.0 Å². The Bertz CT molecular complexity index is 1340. The van der Waals surface area contributed by atoms with Crippen LogP contribution in [0.1, 0.15) is 16.7 Å². The molecule has 0 saturated heterocycles. The van der Waals surface area contributed by atoms with Crippen LogP contribution in [0.3, 0.4) is 0 Å². The third-order valence-corrected chi connectivity index (χ3v) is 5.90. The highest BCUT2D eigenvalue weighted by molar-refractivity contribution is 9.10. The van der Waals surface area contributed by atoms with Gasteiger partial charge in [0.25, 0.3) is 0 Å². The number of hydrogen-bond donors (Lipinski definition) is 0. The van der Waals surface area contributed by atoms with Gasteiger partial charge in [0.2, 0.25) is 0 Å². The number of hydrogen-bond acceptors (Lipinski definition) is 3. The molecule has 158 valence electrons. The van der Waals surface area contributed by atoms with Crippen molar-refractivity contribution in [1.29, 1.82) is 5.26 Å². The number of fused-ring (bicyclic) bond motifs is 1. The quantitative estimate of drug-likeness (QED) is 0.198. The van der Waals surface area contributed by atoms with Gasteiger partial charge in [-0.1, -0.05) is 66.2 Å². The highest BCUT2D eigenvalue weighted by Crippen LogP contribution is 2.38. The van der Waals surface area contributed by atoms with Gasteiger partial charge in [-0.2, -0.15) is 5.26 Å². The molecule has 0 aliphatic carbocycles. The first-order valence-corrected chi connectivity index (χ1v) is 11.1. The third kappa shape index (κ3) is 4.80. The molecule has 0 spiro atoms. The summed E-state index contributed by atoms with van der Waals surface area (Å²) in [4.78, 5) is 0. The summed E-state index contributed by atoms with van der Waals surface area (Å²) in [5.41, 5.74) is 3.29. The topological polar surface area (TPSA) is 42.2 Å². The average molecular weight is 505 g/mol. The lowest BCUT2D eigenvalue weighted by molar-refractivity contribution is 0.282. The third-order valence-electron chi connectivity index (χ3n) is 5.06. The Morgan fingerprint density at radius 3 is 2.53 bits per heavy atom. The molecule has 0 N–H and O–H groups in total. The summed E-state index contributed by atoms with van der Waals surface area (Å²) in [7, 11) is 1.60. The van der Waals surface area contributed by atoms with E-state index in [1.54, 1.807) is 7.11 Å². The Hall–Kier alpha value is -3.26. The van der Waals surface area contributed by atoms with Crippen molar-refractivity contribution in [2.45, 2.75) is 6.61 Å². The van der Waals surface area contributed by atoms with E-state index in [1.165, 1.54) is 0 Å². The first-order chi connectivity index (χ1) is 15.6. The van der Waals surface area contributed by atoms with Gasteiger partial charge in [-0.3, -0.25) is 0 Å². The van der Waals surface area contributed by atoms with Crippen LogP contribution in [0, 0.1) is 11.3 Å². The van der Waals surface area contributed by atoms with Crippen molar-refractivity contribution in [1.82, 2.24) is 0 Å². The Morgan fingerprint density at radius 1 is 1.03 bits per heavy atom. The zero-order chi connectivity index (χ0) is 22.5. The van der Waals surface area contributed by atoms with Gasteiger partial charge in [0.05, 0.1) is 23.2 Å². The van der Waals surface area contributed by atoms with E-state index in [9.17, 15) is 5.26 Å². The van der Waals surface area contributed by atoms with Crippen LogP contribution in [0.2, 0.25) is 5.02 Å². The summed E-state index contributed by atoms with van der Waals surface area (Å²) in [5.74, 6) is 1.18. The van der Waals surface area contributed by atoms with Crippen molar-refractivity contribution < 1.29 is 9.47 Å². The summed E-state index contributed by atoms with van der Waals surface area (Å²) in [5, 5.41) is 12.7. The van der Waals surface area contributed by atoms with Crippen molar-refractivity contribution in [2.75, 3.05) is 7.11 Å². The summed E-state index contributed by atoms with van der Waals surface area (Å²) < 4.78 is 12.3. The van der Waals surface area contributed by atoms with E-state index < -0.39 is 0 Å². The number of halogens is 2. The van der Waals surface area contributed by atoms with E-state index in [1.807, 2.05) is 84.9 Å². The van der Waals surface area contributed by atoms with Crippen molar-refractivity contribution in [3.05, 3.63) is 105 Å². The molecule has 4 aromatic rings. The van der Waals surface area contributed by atoms with Crippen molar-refractivity contribution in [3.63, 3.8) is 0 Å². The Morgan fingerprint density at radius 2 is 1.78 bits per heavy atom. The lowest BCUT2D eigenvalue weighted by Gasteiger charge is -2.14. The first kappa shape index (κ1) is 22.0. The monoisotopic (exact) mass is 503 g/mol. The standard InChI is InChI=1S/C27H19BrClNO2/c1-31-26-15-19(14-25(28)27(26)32-17-18-9-11-22(29)12-10-18)13-21(16-30)24-8-4-6-20-5-2-3-7-23(20)24/h2-15H,17H2,1H3/b21-13-. The highest BCUT2D eigenvalue weighted by Gasteiger charge is 2.13. The van der Waals surface area contributed by atoms with E-state index in [4.69, 9.17) is 21.1 Å². The largest absolute Gasteiger partial charge is 0.493 e. The van der Waals surface area contributed by atoms with Crippen molar-refractivity contribution in [3.8, 4) is 17.6 Å². The Balaban J connectivity index is 1.67. The lowest BCUT2D eigenvalue weighted by Crippen LogP contribution is -1.99. The minimum Gasteiger partial charge on any atom is -0.493 e. The number of ether oxygens (including phenoxy) is 2. The van der Waals surface area contributed by atoms with Crippen LogP contribution >= 0.6 is 27.5 Å². The maximum atomic E-state index is 9.89. The van der Waals surface area contributed by atoms with E-state index in [0.29, 0.717) is 28.7 Å². The molecule has 0 aliphatic heterocycles. The number of rotatable bonds is 6. The fourth-order valence-corrected chi connectivity index (χ4v) is 4.20. The maximum Gasteiger partial charge on any atom is 0.175 e. The molecule has 0 amide bonds. The van der Waals surface area contributed by atoms with Gasteiger partial charge < -0.3 is 9.47 Å². The number of nitriles is 1. The highest BCUT2D eigenvalue weighted by atomic mass is 79.9. The zero-order valence-electron chi connectivity index (χ0n) is 17.3. The van der Waals surface area contributed by atoms with Gasteiger partial charge in [0, 0.05) is 10.6 Å². The second-order valence-corrected chi connectivity index (χ2v) is 8.44. The molecule has 0 saturated carbocycles. The van der Waals surface area contributed by atoms with Crippen LogP contribution in [-0.2, 0) is 6.61 Å². The number of benzene rings is 4. The molecular weight excluding hydrogens is 486 g/mol. The molecule has 4 rings (SSSR count). The van der Waals surface area contributed by atoms with Gasteiger partial charge in [0.15, 0.2) is 11.5 Å². The SMILES string of the molecule is COc1cc(/C=C(/C#N)c2cccc3ccccc23)cc(Br)c1OCc1ccc(Cl)cc1. The Kier molecular flexibility index (Phi) is 6.80. The van der Waals surface area contributed by atoms with Crippen molar-refractivity contribution in [2.24, 2.45) is 0 Å². The van der Waals surface area contributed by atoms with Gasteiger partial charge in [0.1, 0.15) is 6.61 Å². The van der Waals surface area contributed by atoms with Gasteiger partial charge >= 0.3 is 0 Å². The molecule has 0 fully saturated rings. The minimum absolute atomic E-state index is 0.376. The molecule has 0 aromatic heterocycles. The maximum absolute atomic E-state index is 9.89. The second-order valence-electron chi connectivity index (χ2n) is 7.15. The van der Waals surface area contributed by atoms with E-state index >= 15 is 0 Å². The molecule has 0 aliphatic rings. The fraction of sp³-hybridized carbons (Fsp3) is 0.0741. The van der Waals surface area contributed by atoms with Gasteiger partial charge in [-0.25, -0.2) is 0 Å². The minimum atomic E-state index is 0.376. The average Bonchev–Trinajstić information content (AvgIpc) is 2.82. The fourth-order valence-electron chi connectivity index (χ4n) is 3.50. The van der Waals surface area contributed by atoms with Gasteiger partial charge in [-0.05, 0) is 68.2 Å². The summed E-state index contributed by atoms with van der Waals surface area (Å²) >= 11 is 9.55. The van der Waals surface area contributed by atoms with Crippen LogP contribution in [-0.4, -0.2) is 7.11 Å². The van der Waals surface area contributed by atoms with Crippen LogP contribution < -0.4 is 9.47 Å². The summed E-state index contributed by atoms with van der Waals surface area (Å²) in [6.45, 7) is 0.376. The Labute approximate surface area is 200 Å². The lowest BCUT2D eigenvalue weighted by atomic mass is 9.97. The van der Waals surface area contributed by atoms with Crippen LogP contribution in [0.5, 0.6) is 11.5 Å². The van der Waals surface area contributed by atoms with Crippen LogP contribution in [0.25, 0.3) is 22.4 Å². The summed E-state index contributed by atoms with van der Waals surface area (Å²) in [6.07, 6.45) is 1.86. The van der Waals surface area contributed by atoms with E-state index in [-0.39, 0.29) is 0 Å². The number of allylic oxidation sites excluding steroid dienone is 1. The van der Waals surface area contributed by atoms with E-state index in [2.05, 4.69) is 22.0 Å². The molecule has 0 radical (unpaired) electrons. The second kappa shape index (κ2) is 9.91. The number of methoxy groups -OCH3 is 1. The molecule has 0 unspecified atom stereocenters. The molecule has 0 bridgehead atoms. The van der Waals surface area contributed by atoms with Crippen LogP contribution in [0.4, 0.5) is 0 Å². The molecule has 3 nitrogen and oxygen atoms in total. The first-order valence-electron chi connectivity index (χ1n) is 9.94. The summed E-state index contributed by atoms with van der Waals surface area (Å²) in [6, 6.07) is 27.6. The molecule has 0 atom stereocenters. The number of nitrogens with zero attached hydrogens (tertiary/aromatic N) is 1. The molecule has 32 heavy (non-hydrogen) atoms. The zero-order valence-corrected chi connectivity index (χ0v) is 19.7. The van der Waals surface area contributed by atoms with E-state index in [0.717, 1.165) is 31.9 Å². The predicted molar refractivity (Wildman–Crippen MR) is 134 cm³/mol. The predicted octanol–water partition coefficient (Wildman–Crippen LogP) is 7.91. The molecule has 4 aromatic carbocycles. The molecular formula is C27H19BrClNO2. The molecule has 0 heterocycles.